The first-order chi connectivity index (χ1) is 8.99. The Kier molecular flexibility index (Phi) is 4.58. The van der Waals surface area contributed by atoms with E-state index in [-0.39, 0.29) is 17.9 Å². The van der Waals surface area contributed by atoms with Crippen LogP contribution in [0.25, 0.3) is 0 Å². The van der Waals surface area contributed by atoms with Gasteiger partial charge in [0.15, 0.2) is 0 Å². The summed E-state index contributed by atoms with van der Waals surface area (Å²) in [6.45, 7) is 7.61. The number of carbonyl (C=O) groups excluding carboxylic acids is 1. The van der Waals surface area contributed by atoms with Gasteiger partial charge < -0.3 is 10.6 Å². The number of hydrogen-bond acceptors (Lipinski definition) is 4. The highest BCUT2D eigenvalue weighted by molar-refractivity contribution is 7.09. The second kappa shape index (κ2) is 6.01. The van der Waals surface area contributed by atoms with E-state index < -0.39 is 0 Å². The summed E-state index contributed by atoms with van der Waals surface area (Å²) < 4.78 is 0. The van der Waals surface area contributed by atoms with Gasteiger partial charge in [-0.1, -0.05) is 13.8 Å². The smallest absolute Gasteiger partial charge is 0.239 e. The van der Waals surface area contributed by atoms with Gasteiger partial charge in [0.05, 0.1) is 11.0 Å². The summed E-state index contributed by atoms with van der Waals surface area (Å²) in [6, 6.07) is -0.378. The molecule has 2 heterocycles. The zero-order chi connectivity index (χ0) is 14.0. The Morgan fingerprint density at radius 3 is 2.89 bits per heavy atom. The van der Waals surface area contributed by atoms with Crippen LogP contribution in [0.3, 0.4) is 0 Å². The molecule has 0 saturated carbocycles. The van der Waals surface area contributed by atoms with Gasteiger partial charge in [0.1, 0.15) is 0 Å². The average molecular weight is 281 g/mol. The van der Waals surface area contributed by atoms with Gasteiger partial charge in [-0.2, -0.15) is 0 Å². The predicted octanol–water partition coefficient (Wildman–Crippen LogP) is 2.14. The van der Waals surface area contributed by atoms with Crippen molar-refractivity contribution in [3.8, 4) is 0 Å². The summed E-state index contributed by atoms with van der Waals surface area (Å²) in [4.78, 5) is 18.8. The van der Waals surface area contributed by atoms with Gasteiger partial charge in [0.25, 0.3) is 0 Å². The normalized spacial score (nSPS) is 21.7. The number of aromatic nitrogens is 1. The fraction of sp³-hybridized carbons (Fsp3) is 0.714. The number of rotatable bonds is 3. The van der Waals surface area contributed by atoms with Gasteiger partial charge in [0.2, 0.25) is 5.91 Å². The first kappa shape index (κ1) is 14.5. The maximum Gasteiger partial charge on any atom is 0.239 e. The lowest BCUT2D eigenvalue weighted by molar-refractivity contribution is -0.134. The van der Waals surface area contributed by atoms with Gasteiger partial charge in [-0.3, -0.25) is 4.79 Å². The molecule has 1 fully saturated rings. The fourth-order valence-electron chi connectivity index (χ4n) is 2.43. The number of amides is 1. The number of likely N-dealkylation sites (tertiary alicyclic amines) is 1. The molecule has 0 aromatic carbocycles. The monoisotopic (exact) mass is 281 g/mol. The predicted molar refractivity (Wildman–Crippen MR) is 78.2 cm³/mol. The van der Waals surface area contributed by atoms with Gasteiger partial charge in [-0.25, -0.2) is 4.98 Å². The third-order valence-electron chi connectivity index (χ3n) is 3.72. The maximum atomic E-state index is 12.3. The molecule has 2 rings (SSSR count). The van der Waals surface area contributed by atoms with Crippen LogP contribution < -0.4 is 5.73 Å². The van der Waals surface area contributed by atoms with Crippen LogP contribution in [0.5, 0.6) is 0 Å². The SMILES string of the molecule is Cc1csc(C2CCCN(C(=O)[C@@H](N)C(C)C)C2)n1. The minimum atomic E-state index is -0.378. The number of nitrogens with two attached hydrogens (primary N) is 1. The van der Waals surface area contributed by atoms with Crippen molar-refractivity contribution >= 4 is 17.2 Å². The van der Waals surface area contributed by atoms with E-state index in [9.17, 15) is 4.79 Å². The number of piperidine rings is 1. The van der Waals surface area contributed by atoms with E-state index in [1.807, 2.05) is 25.7 Å². The summed E-state index contributed by atoms with van der Waals surface area (Å²) in [7, 11) is 0. The standard InChI is InChI=1S/C14H23N3OS/c1-9(2)12(15)14(18)17-6-4-5-11(7-17)13-16-10(3)8-19-13/h8-9,11-12H,4-7,15H2,1-3H3/t11?,12-/m0/s1. The molecule has 0 bridgehead atoms. The van der Waals surface area contributed by atoms with Crippen molar-refractivity contribution in [1.82, 2.24) is 9.88 Å². The molecule has 1 aromatic rings. The molecule has 0 radical (unpaired) electrons. The molecule has 1 aromatic heterocycles. The Morgan fingerprint density at radius 2 is 2.32 bits per heavy atom. The Morgan fingerprint density at radius 1 is 1.58 bits per heavy atom. The molecule has 0 spiro atoms. The molecule has 19 heavy (non-hydrogen) atoms. The Bertz CT molecular complexity index is 444. The van der Waals surface area contributed by atoms with Crippen molar-refractivity contribution in [2.24, 2.45) is 11.7 Å². The minimum absolute atomic E-state index is 0.0907. The topological polar surface area (TPSA) is 59.2 Å². The summed E-state index contributed by atoms with van der Waals surface area (Å²) in [5.41, 5.74) is 7.05. The largest absolute Gasteiger partial charge is 0.341 e. The van der Waals surface area contributed by atoms with Gasteiger partial charge >= 0.3 is 0 Å². The van der Waals surface area contributed by atoms with E-state index in [4.69, 9.17) is 5.73 Å². The minimum Gasteiger partial charge on any atom is -0.341 e. The molecule has 4 nitrogen and oxygen atoms in total. The van der Waals surface area contributed by atoms with E-state index in [0.717, 1.165) is 36.6 Å². The number of nitrogens with zero attached hydrogens (tertiary/aromatic N) is 2. The van der Waals surface area contributed by atoms with E-state index in [0.29, 0.717) is 5.92 Å². The van der Waals surface area contributed by atoms with Crippen LogP contribution in [-0.4, -0.2) is 34.9 Å². The maximum absolute atomic E-state index is 12.3. The third-order valence-corrected chi connectivity index (χ3v) is 4.85. The summed E-state index contributed by atoms with van der Waals surface area (Å²) >= 11 is 1.70. The van der Waals surface area contributed by atoms with Crippen molar-refractivity contribution in [2.75, 3.05) is 13.1 Å². The average Bonchev–Trinajstić information content (AvgIpc) is 2.84. The number of thiazole rings is 1. The van der Waals surface area contributed by atoms with Crippen molar-refractivity contribution in [2.45, 2.75) is 45.6 Å². The van der Waals surface area contributed by atoms with Crippen LogP contribution in [-0.2, 0) is 4.79 Å². The molecule has 0 aliphatic carbocycles. The molecule has 1 amide bonds. The zero-order valence-corrected chi connectivity index (χ0v) is 12.7. The van der Waals surface area contributed by atoms with E-state index in [2.05, 4.69) is 10.4 Å². The first-order valence-corrected chi connectivity index (χ1v) is 7.83. The van der Waals surface area contributed by atoms with Crippen LogP contribution >= 0.6 is 11.3 Å². The van der Waals surface area contributed by atoms with Crippen LogP contribution in [0.15, 0.2) is 5.38 Å². The summed E-state index contributed by atoms with van der Waals surface area (Å²) in [6.07, 6.45) is 2.16. The Labute approximate surface area is 119 Å². The molecule has 2 N–H and O–H groups in total. The molecule has 1 aliphatic heterocycles. The van der Waals surface area contributed by atoms with Gasteiger partial charge in [-0.05, 0) is 25.7 Å². The highest BCUT2D eigenvalue weighted by Gasteiger charge is 2.30. The third kappa shape index (κ3) is 3.34. The van der Waals surface area contributed by atoms with Crippen LogP contribution in [0.2, 0.25) is 0 Å². The molecular weight excluding hydrogens is 258 g/mol. The lowest BCUT2D eigenvalue weighted by atomic mass is 9.96. The van der Waals surface area contributed by atoms with E-state index in [1.54, 1.807) is 11.3 Å². The van der Waals surface area contributed by atoms with Crippen molar-refractivity contribution in [3.63, 3.8) is 0 Å². The Hall–Kier alpha value is -0.940. The Balaban J connectivity index is 2.03. The highest BCUT2D eigenvalue weighted by atomic mass is 32.1. The molecule has 106 valence electrons. The lowest BCUT2D eigenvalue weighted by Gasteiger charge is -2.34. The van der Waals surface area contributed by atoms with E-state index >= 15 is 0 Å². The van der Waals surface area contributed by atoms with E-state index in [1.165, 1.54) is 0 Å². The molecule has 5 heteroatoms. The number of hydrogen-bond donors (Lipinski definition) is 1. The molecular formula is C14H23N3OS. The molecule has 2 atom stereocenters. The summed E-state index contributed by atoms with van der Waals surface area (Å²) in [5, 5.41) is 3.24. The van der Waals surface area contributed by atoms with Gasteiger partial charge in [-0.15, -0.1) is 11.3 Å². The zero-order valence-electron chi connectivity index (χ0n) is 11.9. The fourth-order valence-corrected chi connectivity index (χ4v) is 3.36. The quantitative estimate of drug-likeness (QED) is 0.923. The highest BCUT2D eigenvalue weighted by Crippen LogP contribution is 2.29. The molecule has 1 aliphatic rings. The number of aryl methyl sites for hydroxylation is 1. The molecule has 1 saturated heterocycles. The lowest BCUT2D eigenvalue weighted by Crippen LogP contribution is -2.49. The van der Waals surface area contributed by atoms with Crippen molar-refractivity contribution < 1.29 is 4.79 Å². The molecule has 1 unspecified atom stereocenters. The second-order valence-electron chi connectivity index (χ2n) is 5.72. The summed E-state index contributed by atoms with van der Waals surface area (Å²) in [5.74, 6) is 0.665. The van der Waals surface area contributed by atoms with Crippen LogP contribution in [0.4, 0.5) is 0 Å². The van der Waals surface area contributed by atoms with Crippen LogP contribution in [0, 0.1) is 12.8 Å². The van der Waals surface area contributed by atoms with Crippen molar-refractivity contribution in [1.29, 1.82) is 0 Å². The van der Waals surface area contributed by atoms with Gasteiger partial charge in [0, 0.05) is 30.1 Å². The second-order valence-corrected chi connectivity index (χ2v) is 6.61. The first-order valence-electron chi connectivity index (χ1n) is 6.95. The number of carbonyl (C=O) groups is 1. The van der Waals surface area contributed by atoms with Crippen molar-refractivity contribution in [3.05, 3.63) is 16.1 Å². The van der Waals surface area contributed by atoms with Crippen LogP contribution in [0.1, 0.15) is 43.3 Å².